The summed E-state index contributed by atoms with van der Waals surface area (Å²) >= 11 is 0. The lowest BCUT2D eigenvalue weighted by molar-refractivity contribution is 0.0642. The molecular weight excluding hydrogens is 456 g/mol. The molecule has 0 atom stereocenters. The summed E-state index contributed by atoms with van der Waals surface area (Å²) in [5.41, 5.74) is 1.52. The number of hydrogen-bond acceptors (Lipinski definition) is 6. The number of amides is 3. The maximum absolute atomic E-state index is 13.2. The van der Waals surface area contributed by atoms with Crippen molar-refractivity contribution < 1.29 is 27.5 Å². The van der Waals surface area contributed by atoms with Crippen LogP contribution < -0.4 is 10.1 Å². The van der Waals surface area contributed by atoms with E-state index in [1.165, 1.54) is 18.2 Å². The van der Waals surface area contributed by atoms with E-state index in [9.17, 15) is 22.8 Å². The second-order valence-corrected chi connectivity index (χ2v) is 9.71. The minimum absolute atomic E-state index is 0.0107. The van der Waals surface area contributed by atoms with Crippen molar-refractivity contribution in [1.29, 1.82) is 0 Å². The summed E-state index contributed by atoms with van der Waals surface area (Å²) < 4.78 is 29.8. The molecule has 3 amide bonds. The molecule has 8 nitrogen and oxygen atoms in total. The SMILES string of the molecule is CCOc1ccc(CN2C(=O)c3ccccc3C2=O)cc1C(=O)Nc1ccccc1S(C)(=O)=O. The number of ether oxygens (including phenoxy) is 1. The van der Waals surface area contributed by atoms with Gasteiger partial charge in [-0.3, -0.25) is 19.3 Å². The van der Waals surface area contributed by atoms with E-state index in [1.54, 1.807) is 55.5 Å². The van der Waals surface area contributed by atoms with E-state index < -0.39 is 27.6 Å². The number of carbonyl (C=O) groups is 3. The maximum Gasteiger partial charge on any atom is 0.261 e. The molecule has 1 heterocycles. The van der Waals surface area contributed by atoms with Crippen LogP contribution in [0.4, 0.5) is 5.69 Å². The third-order valence-electron chi connectivity index (χ3n) is 5.34. The van der Waals surface area contributed by atoms with E-state index in [4.69, 9.17) is 4.74 Å². The van der Waals surface area contributed by atoms with Crippen LogP contribution in [-0.4, -0.2) is 43.9 Å². The molecule has 0 bridgehead atoms. The van der Waals surface area contributed by atoms with Crippen LogP contribution in [0.3, 0.4) is 0 Å². The third-order valence-corrected chi connectivity index (χ3v) is 6.50. The van der Waals surface area contributed by atoms with E-state index in [0.29, 0.717) is 29.0 Å². The predicted molar refractivity (Wildman–Crippen MR) is 126 cm³/mol. The molecule has 0 saturated heterocycles. The molecule has 0 aliphatic carbocycles. The summed E-state index contributed by atoms with van der Waals surface area (Å²) in [6, 6.07) is 17.5. The number of rotatable bonds is 7. The molecule has 0 spiro atoms. The van der Waals surface area contributed by atoms with Crippen molar-refractivity contribution in [2.45, 2.75) is 18.4 Å². The van der Waals surface area contributed by atoms with Crippen molar-refractivity contribution >= 4 is 33.2 Å². The van der Waals surface area contributed by atoms with Gasteiger partial charge in [0, 0.05) is 6.26 Å². The quantitative estimate of drug-likeness (QED) is 0.520. The summed E-state index contributed by atoms with van der Waals surface area (Å²) in [6.45, 7) is 2.05. The lowest BCUT2D eigenvalue weighted by atomic mass is 10.1. The van der Waals surface area contributed by atoms with Gasteiger partial charge in [-0.05, 0) is 48.9 Å². The van der Waals surface area contributed by atoms with E-state index in [1.807, 2.05) is 0 Å². The topological polar surface area (TPSA) is 110 Å². The number of imide groups is 1. The second-order valence-electron chi connectivity index (χ2n) is 7.73. The molecule has 0 fully saturated rings. The van der Waals surface area contributed by atoms with Crippen molar-refractivity contribution in [3.8, 4) is 5.75 Å². The largest absolute Gasteiger partial charge is 0.493 e. The van der Waals surface area contributed by atoms with E-state index in [2.05, 4.69) is 5.32 Å². The zero-order valence-electron chi connectivity index (χ0n) is 18.6. The molecule has 34 heavy (non-hydrogen) atoms. The van der Waals surface area contributed by atoms with E-state index in [-0.39, 0.29) is 22.7 Å². The first-order valence-corrected chi connectivity index (χ1v) is 12.4. The Bertz CT molecular complexity index is 1380. The first kappa shape index (κ1) is 23.2. The van der Waals surface area contributed by atoms with Crippen molar-refractivity contribution in [2.75, 3.05) is 18.2 Å². The minimum Gasteiger partial charge on any atom is -0.493 e. The second kappa shape index (κ2) is 9.11. The standard InChI is InChI=1S/C25H22N2O6S/c1-3-33-21-13-12-16(15-27-24(29)17-8-4-5-9-18(17)25(27)30)14-19(21)23(28)26-20-10-6-7-11-22(20)34(2,31)32/h4-14H,3,15H2,1-2H3,(H,26,28). The van der Waals surface area contributed by atoms with Gasteiger partial charge in [-0.25, -0.2) is 8.42 Å². The predicted octanol–water partition coefficient (Wildman–Crippen LogP) is 3.54. The first-order chi connectivity index (χ1) is 16.2. The van der Waals surface area contributed by atoms with Crippen molar-refractivity contribution in [3.63, 3.8) is 0 Å². The fraction of sp³-hybridized carbons (Fsp3) is 0.160. The number of anilines is 1. The number of benzene rings is 3. The van der Waals surface area contributed by atoms with Gasteiger partial charge in [0.25, 0.3) is 17.7 Å². The Labute approximate surface area is 197 Å². The Balaban J connectivity index is 1.65. The molecule has 0 saturated carbocycles. The van der Waals surface area contributed by atoms with E-state index >= 15 is 0 Å². The molecule has 1 N–H and O–H groups in total. The van der Waals surface area contributed by atoms with Crippen LogP contribution in [0, 0.1) is 0 Å². The van der Waals surface area contributed by atoms with Crippen LogP contribution in [0.5, 0.6) is 5.75 Å². The molecule has 3 aromatic carbocycles. The summed E-state index contributed by atoms with van der Waals surface area (Å²) in [5, 5.41) is 2.64. The number of para-hydroxylation sites is 1. The van der Waals surface area contributed by atoms with Gasteiger partial charge in [-0.2, -0.15) is 0 Å². The van der Waals surface area contributed by atoms with Crippen molar-refractivity contribution in [3.05, 3.63) is 89.0 Å². The molecule has 3 aromatic rings. The lowest BCUT2D eigenvalue weighted by Gasteiger charge is -2.17. The maximum atomic E-state index is 13.2. The molecule has 1 aliphatic heterocycles. The van der Waals surface area contributed by atoms with Crippen LogP contribution in [0.2, 0.25) is 0 Å². The minimum atomic E-state index is -3.57. The number of sulfone groups is 1. The fourth-order valence-electron chi connectivity index (χ4n) is 3.78. The zero-order valence-corrected chi connectivity index (χ0v) is 19.4. The van der Waals surface area contributed by atoms with Gasteiger partial charge in [-0.1, -0.05) is 30.3 Å². The Hall–Kier alpha value is -3.98. The van der Waals surface area contributed by atoms with Gasteiger partial charge in [0.1, 0.15) is 5.75 Å². The highest BCUT2D eigenvalue weighted by Gasteiger charge is 2.35. The van der Waals surface area contributed by atoms with Gasteiger partial charge in [-0.15, -0.1) is 0 Å². The van der Waals surface area contributed by atoms with Gasteiger partial charge in [0.15, 0.2) is 9.84 Å². The highest BCUT2D eigenvalue weighted by Crippen LogP contribution is 2.28. The molecule has 9 heteroatoms. The molecule has 1 aliphatic rings. The third kappa shape index (κ3) is 4.42. The number of nitrogens with one attached hydrogen (secondary N) is 1. The molecule has 0 radical (unpaired) electrons. The Morgan fingerprint density at radius 2 is 1.56 bits per heavy atom. The Morgan fingerprint density at radius 1 is 0.941 bits per heavy atom. The van der Waals surface area contributed by atoms with Crippen LogP contribution in [-0.2, 0) is 16.4 Å². The van der Waals surface area contributed by atoms with Crippen LogP contribution in [0.15, 0.2) is 71.6 Å². The molecule has 0 aromatic heterocycles. The summed E-state index contributed by atoms with van der Waals surface area (Å²) in [7, 11) is -3.57. The van der Waals surface area contributed by atoms with Crippen molar-refractivity contribution in [2.24, 2.45) is 0 Å². The smallest absolute Gasteiger partial charge is 0.261 e. The molecule has 0 unspecified atom stereocenters. The van der Waals surface area contributed by atoms with Crippen LogP contribution in [0.25, 0.3) is 0 Å². The first-order valence-electron chi connectivity index (χ1n) is 10.5. The number of carbonyl (C=O) groups excluding carboxylic acids is 3. The lowest BCUT2D eigenvalue weighted by Crippen LogP contribution is -2.29. The average Bonchev–Trinajstić information content (AvgIpc) is 3.05. The van der Waals surface area contributed by atoms with Crippen molar-refractivity contribution in [1.82, 2.24) is 4.90 Å². The monoisotopic (exact) mass is 478 g/mol. The van der Waals surface area contributed by atoms with Crippen LogP contribution in [0.1, 0.15) is 43.6 Å². The van der Waals surface area contributed by atoms with Gasteiger partial charge in [0.05, 0.1) is 40.4 Å². The Kier molecular flexibility index (Phi) is 6.21. The zero-order chi connectivity index (χ0) is 24.5. The highest BCUT2D eigenvalue weighted by molar-refractivity contribution is 7.90. The molecule has 174 valence electrons. The fourth-order valence-corrected chi connectivity index (χ4v) is 4.63. The number of fused-ring (bicyclic) bond motifs is 1. The van der Waals surface area contributed by atoms with Gasteiger partial charge < -0.3 is 10.1 Å². The molecular formula is C25H22N2O6S. The van der Waals surface area contributed by atoms with Gasteiger partial charge in [0.2, 0.25) is 0 Å². The molecule has 4 rings (SSSR count). The Morgan fingerprint density at radius 3 is 2.18 bits per heavy atom. The van der Waals surface area contributed by atoms with Gasteiger partial charge >= 0.3 is 0 Å². The average molecular weight is 479 g/mol. The highest BCUT2D eigenvalue weighted by atomic mass is 32.2. The number of hydrogen-bond donors (Lipinski definition) is 1. The van der Waals surface area contributed by atoms with E-state index in [0.717, 1.165) is 11.2 Å². The normalized spacial score (nSPS) is 13.1. The summed E-state index contributed by atoms with van der Waals surface area (Å²) in [5.74, 6) is -1.09. The summed E-state index contributed by atoms with van der Waals surface area (Å²) in [4.78, 5) is 39.7. The number of nitrogens with zero attached hydrogens (tertiary/aromatic N) is 1. The van der Waals surface area contributed by atoms with Crippen LogP contribution >= 0.6 is 0 Å². The summed E-state index contributed by atoms with van der Waals surface area (Å²) in [6.07, 6.45) is 1.06.